The lowest BCUT2D eigenvalue weighted by Crippen LogP contribution is -2.49. The van der Waals surface area contributed by atoms with Crippen LogP contribution in [0.2, 0.25) is 0 Å². The smallest absolute Gasteiger partial charge is 0.260 e. The summed E-state index contributed by atoms with van der Waals surface area (Å²) in [7, 11) is 1.56. The standard InChI is InChI=1S/C21H23FN6O3/c1-30-18-7-2-3-8-19(18)31-15-21(29)27-11-9-26(10-12-27)14-20-23-24-25-28(20)17-6-4-5-16(22)13-17/h2-8,13H,9-12,14-15H2,1H3. The minimum Gasteiger partial charge on any atom is -0.493 e. The molecule has 10 heteroatoms. The zero-order valence-electron chi connectivity index (χ0n) is 17.1. The van der Waals surface area contributed by atoms with Gasteiger partial charge in [0, 0.05) is 26.2 Å². The summed E-state index contributed by atoms with van der Waals surface area (Å²) in [5, 5.41) is 11.8. The zero-order valence-corrected chi connectivity index (χ0v) is 17.1. The maximum atomic E-state index is 13.5. The van der Waals surface area contributed by atoms with Gasteiger partial charge >= 0.3 is 0 Å². The van der Waals surface area contributed by atoms with E-state index in [2.05, 4.69) is 20.4 Å². The highest BCUT2D eigenvalue weighted by atomic mass is 19.1. The van der Waals surface area contributed by atoms with Crippen LogP contribution in [-0.2, 0) is 11.3 Å². The third kappa shape index (κ3) is 4.97. The largest absolute Gasteiger partial charge is 0.493 e. The molecule has 9 nitrogen and oxygen atoms in total. The van der Waals surface area contributed by atoms with Crippen LogP contribution < -0.4 is 9.47 Å². The van der Waals surface area contributed by atoms with Gasteiger partial charge in [-0.25, -0.2) is 4.39 Å². The Morgan fingerprint density at radius 1 is 1.06 bits per heavy atom. The zero-order chi connectivity index (χ0) is 21.6. The molecule has 4 rings (SSSR count). The molecule has 31 heavy (non-hydrogen) atoms. The first-order valence-corrected chi connectivity index (χ1v) is 9.93. The van der Waals surface area contributed by atoms with Crippen LogP contribution >= 0.6 is 0 Å². The number of amides is 1. The van der Waals surface area contributed by atoms with Crippen molar-refractivity contribution < 1.29 is 18.7 Å². The molecule has 1 aliphatic rings. The summed E-state index contributed by atoms with van der Waals surface area (Å²) in [6.07, 6.45) is 0. The van der Waals surface area contributed by atoms with E-state index in [0.717, 1.165) is 0 Å². The lowest BCUT2D eigenvalue weighted by molar-refractivity contribution is -0.135. The third-order valence-corrected chi connectivity index (χ3v) is 5.10. The number of hydrogen-bond donors (Lipinski definition) is 0. The number of halogens is 1. The molecule has 0 N–H and O–H groups in total. The molecule has 1 aromatic heterocycles. The fraction of sp³-hybridized carbons (Fsp3) is 0.333. The average Bonchev–Trinajstić information content (AvgIpc) is 3.26. The first-order chi connectivity index (χ1) is 15.1. The summed E-state index contributed by atoms with van der Waals surface area (Å²) in [5.74, 6) is 1.33. The first kappa shape index (κ1) is 20.7. The summed E-state index contributed by atoms with van der Waals surface area (Å²) in [6, 6.07) is 13.4. The Morgan fingerprint density at radius 3 is 2.58 bits per heavy atom. The molecular formula is C21H23FN6O3. The molecule has 0 unspecified atom stereocenters. The molecule has 1 amide bonds. The second-order valence-corrected chi connectivity index (χ2v) is 7.08. The van der Waals surface area contributed by atoms with Gasteiger partial charge in [0.2, 0.25) is 0 Å². The number of hydrogen-bond acceptors (Lipinski definition) is 7. The van der Waals surface area contributed by atoms with E-state index in [0.29, 0.717) is 55.7 Å². The third-order valence-electron chi connectivity index (χ3n) is 5.10. The lowest BCUT2D eigenvalue weighted by Gasteiger charge is -2.34. The number of benzene rings is 2. The second kappa shape index (κ2) is 9.52. The molecule has 3 aromatic rings. The van der Waals surface area contributed by atoms with Crippen LogP contribution in [0.15, 0.2) is 48.5 Å². The minimum atomic E-state index is -0.346. The number of nitrogens with zero attached hydrogens (tertiary/aromatic N) is 6. The fourth-order valence-electron chi connectivity index (χ4n) is 3.44. The molecule has 0 radical (unpaired) electrons. The van der Waals surface area contributed by atoms with Crippen molar-refractivity contribution in [3.8, 4) is 17.2 Å². The Labute approximate surface area is 179 Å². The van der Waals surface area contributed by atoms with E-state index in [1.165, 1.54) is 16.8 Å². The van der Waals surface area contributed by atoms with E-state index in [-0.39, 0.29) is 18.3 Å². The van der Waals surface area contributed by atoms with Crippen molar-refractivity contribution in [2.75, 3.05) is 39.9 Å². The van der Waals surface area contributed by atoms with Crippen molar-refractivity contribution in [3.63, 3.8) is 0 Å². The van der Waals surface area contributed by atoms with E-state index in [1.807, 2.05) is 12.1 Å². The van der Waals surface area contributed by atoms with Crippen LogP contribution in [0.4, 0.5) is 4.39 Å². The number of methoxy groups -OCH3 is 1. The van der Waals surface area contributed by atoms with Crippen molar-refractivity contribution in [3.05, 3.63) is 60.2 Å². The van der Waals surface area contributed by atoms with Crippen molar-refractivity contribution in [1.29, 1.82) is 0 Å². The highest BCUT2D eigenvalue weighted by Gasteiger charge is 2.23. The van der Waals surface area contributed by atoms with Crippen LogP contribution in [0.5, 0.6) is 11.5 Å². The van der Waals surface area contributed by atoms with Crippen LogP contribution in [0.3, 0.4) is 0 Å². The predicted molar refractivity (Wildman–Crippen MR) is 109 cm³/mol. The molecule has 1 saturated heterocycles. The number of ether oxygens (including phenoxy) is 2. The second-order valence-electron chi connectivity index (χ2n) is 7.08. The molecule has 2 aromatic carbocycles. The summed E-state index contributed by atoms with van der Waals surface area (Å²) >= 11 is 0. The predicted octanol–water partition coefficient (Wildman–Crippen LogP) is 1.53. The van der Waals surface area contributed by atoms with Crippen LogP contribution in [0, 0.1) is 5.82 Å². The Hall–Kier alpha value is -3.53. The highest BCUT2D eigenvalue weighted by Crippen LogP contribution is 2.25. The van der Waals surface area contributed by atoms with Gasteiger partial charge in [-0.1, -0.05) is 18.2 Å². The van der Waals surface area contributed by atoms with Gasteiger partial charge in [0.1, 0.15) is 5.82 Å². The maximum absolute atomic E-state index is 13.5. The molecule has 0 atom stereocenters. The summed E-state index contributed by atoms with van der Waals surface area (Å²) in [5.41, 5.74) is 0.572. The normalized spacial score (nSPS) is 14.5. The number of aromatic nitrogens is 4. The fourth-order valence-corrected chi connectivity index (χ4v) is 3.44. The van der Waals surface area contributed by atoms with Gasteiger partial charge in [-0.3, -0.25) is 9.69 Å². The Bertz CT molecular complexity index is 1040. The lowest BCUT2D eigenvalue weighted by atomic mass is 10.3. The molecule has 0 spiro atoms. The summed E-state index contributed by atoms with van der Waals surface area (Å²) in [4.78, 5) is 16.5. The molecule has 162 valence electrons. The minimum absolute atomic E-state index is 0.0435. The Balaban J connectivity index is 1.29. The highest BCUT2D eigenvalue weighted by molar-refractivity contribution is 5.78. The van der Waals surface area contributed by atoms with Crippen LogP contribution in [0.25, 0.3) is 5.69 Å². The molecule has 2 heterocycles. The molecule has 1 fully saturated rings. The number of carbonyl (C=O) groups is 1. The topological polar surface area (TPSA) is 85.6 Å². The van der Waals surface area contributed by atoms with Gasteiger partial charge < -0.3 is 14.4 Å². The molecule has 0 aliphatic carbocycles. The number of tetrazole rings is 1. The van der Waals surface area contributed by atoms with Crippen molar-refractivity contribution >= 4 is 5.91 Å². The summed E-state index contributed by atoms with van der Waals surface area (Å²) < 4.78 is 25.9. The number of rotatable bonds is 7. The van der Waals surface area contributed by atoms with Crippen LogP contribution in [-0.4, -0.2) is 75.8 Å². The number of para-hydroxylation sites is 2. The van der Waals surface area contributed by atoms with Gasteiger partial charge in [-0.05, 0) is 40.8 Å². The van der Waals surface area contributed by atoms with Crippen molar-refractivity contribution in [2.24, 2.45) is 0 Å². The molecule has 1 aliphatic heterocycles. The molecule has 0 saturated carbocycles. The van der Waals surface area contributed by atoms with Gasteiger partial charge in [-0.2, -0.15) is 4.68 Å². The first-order valence-electron chi connectivity index (χ1n) is 9.93. The van der Waals surface area contributed by atoms with E-state index in [9.17, 15) is 9.18 Å². The van der Waals surface area contributed by atoms with E-state index >= 15 is 0 Å². The van der Waals surface area contributed by atoms with Crippen molar-refractivity contribution in [1.82, 2.24) is 30.0 Å². The quantitative estimate of drug-likeness (QED) is 0.566. The van der Waals surface area contributed by atoms with E-state index in [4.69, 9.17) is 9.47 Å². The number of carbonyl (C=O) groups excluding carboxylic acids is 1. The van der Waals surface area contributed by atoms with Gasteiger partial charge in [0.15, 0.2) is 23.9 Å². The van der Waals surface area contributed by atoms with E-state index < -0.39 is 0 Å². The summed E-state index contributed by atoms with van der Waals surface area (Å²) in [6.45, 7) is 2.97. The maximum Gasteiger partial charge on any atom is 0.260 e. The average molecular weight is 426 g/mol. The molecule has 0 bridgehead atoms. The van der Waals surface area contributed by atoms with Gasteiger partial charge in [0.25, 0.3) is 5.91 Å². The number of piperazine rings is 1. The van der Waals surface area contributed by atoms with Gasteiger partial charge in [0.05, 0.1) is 19.3 Å². The molecular weight excluding hydrogens is 403 g/mol. The van der Waals surface area contributed by atoms with Crippen molar-refractivity contribution in [2.45, 2.75) is 6.54 Å². The monoisotopic (exact) mass is 426 g/mol. The SMILES string of the molecule is COc1ccccc1OCC(=O)N1CCN(Cc2nnnn2-c2cccc(F)c2)CC1. The van der Waals surface area contributed by atoms with Gasteiger partial charge in [-0.15, -0.1) is 5.10 Å². The Morgan fingerprint density at radius 2 is 1.84 bits per heavy atom. The van der Waals surface area contributed by atoms with Crippen LogP contribution in [0.1, 0.15) is 5.82 Å². The van der Waals surface area contributed by atoms with E-state index in [1.54, 1.807) is 36.3 Å². The Kier molecular flexibility index (Phi) is 6.37.